The maximum absolute atomic E-state index is 12.2. The monoisotopic (exact) mass is 375 g/mol. The van der Waals surface area contributed by atoms with Gasteiger partial charge in [-0.05, 0) is 43.5 Å². The lowest BCUT2D eigenvalue weighted by molar-refractivity contribution is -0.149. The summed E-state index contributed by atoms with van der Waals surface area (Å²) in [6, 6.07) is 6.27. The van der Waals surface area contributed by atoms with Gasteiger partial charge in [0.2, 0.25) is 11.8 Å². The lowest BCUT2D eigenvalue weighted by Crippen LogP contribution is -2.47. The van der Waals surface area contributed by atoms with Gasteiger partial charge in [0.1, 0.15) is 0 Å². The van der Waals surface area contributed by atoms with Gasteiger partial charge < -0.3 is 10.4 Å². The summed E-state index contributed by atoms with van der Waals surface area (Å²) in [4.78, 5) is 47.2. The second-order valence-corrected chi connectivity index (χ2v) is 6.65. The van der Waals surface area contributed by atoms with E-state index in [1.54, 1.807) is 12.1 Å². The number of carboxylic acid groups (broad SMARTS) is 1. The molecule has 1 saturated carbocycles. The smallest absolute Gasteiger partial charge is 0.307 e. The minimum absolute atomic E-state index is 0.0950. The number of hydrogen-bond donors (Lipinski definition) is 4. The molecule has 1 aliphatic rings. The fraction of sp³-hybridized carbons (Fsp3) is 0.474. The van der Waals surface area contributed by atoms with Crippen LogP contribution >= 0.6 is 0 Å². The Hall–Kier alpha value is -2.90. The van der Waals surface area contributed by atoms with Crippen LogP contribution in [0.15, 0.2) is 24.3 Å². The Morgan fingerprint density at radius 1 is 1.00 bits per heavy atom. The number of rotatable bonds is 6. The number of hydrogen-bond acceptors (Lipinski definition) is 4. The molecule has 0 unspecified atom stereocenters. The topological polar surface area (TPSA) is 125 Å². The van der Waals surface area contributed by atoms with Gasteiger partial charge in [-0.1, -0.05) is 19.8 Å². The van der Waals surface area contributed by atoms with Crippen molar-refractivity contribution in [2.24, 2.45) is 11.8 Å². The van der Waals surface area contributed by atoms with E-state index in [1.807, 2.05) is 6.92 Å². The van der Waals surface area contributed by atoms with Crippen molar-refractivity contribution in [3.8, 4) is 0 Å². The molecule has 1 fully saturated rings. The fourth-order valence-corrected chi connectivity index (χ4v) is 3.18. The lowest BCUT2D eigenvalue weighted by atomic mass is 9.79. The summed E-state index contributed by atoms with van der Waals surface area (Å²) in [6.07, 6.45) is 3.70. The third-order valence-corrected chi connectivity index (χ3v) is 4.63. The van der Waals surface area contributed by atoms with Gasteiger partial charge in [-0.2, -0.15) is 0 Å². The molecule has 8 nitrogen and oxygen atoms in total. The van der Waals surface area contributed by atoms with E-state index in [2.05, 4.69) is 16.2 Å². The van der Waals surface area contributed by atoms with Crippen molar-refractivity contribution in [3.05, 3.63) is 29.8 Å². The summed E-state index contributed by atoms with van der Waals surface area (Å²) in [6.45, 7) is 1.91. The van der Waals surface area contributed by atoms with Gasteiger partial charge in [0.05, 0.1) is 11.8 Å². The summed E-state index contributed by atoms with van der Waals surface area (Å²) in [7, 11) is 0. The molecule has 4 N–H and O–H groups in total. The first-order valence-corrected chi connectivity index (χ1v) is 9.15. The van der Waals surface area contributed by atoms with Gasteiger partial charge in [0, 0.05) is 17.7 Å². The Labute approximate surface area is 157 Å². The van der Waals surface area contributed by atoms with Crippen LogP contribution in [0.3, 0.4) is 0 Å². The molecule has 1 aromatic rings. The number of benzene rings is 1. The number of amides is 3. The zero-order valence-corrected chi connectivity index (χ0v) is 15.3. The quantitative estimate of drug-likeness (QED) is 0.567. The molecule has 2 atom stereocenters. The number of hydrazine groups is 1. The van der Waals surface area contributed by atoms with Crippen LogP contribution in [0.5, 0.6) is 0 Å². The Morgan fingerprint density at radius 2 is 1.63 bits per heavy atom. The number of aliphatic carboxylic acids is 1. The molecule has 8 heteroatoms. The molecule has 1 aliphatic carbocycles. The largest absolute Gasteiger partial charge is 0.481 e. The van der Waals surface area contributed by atoms with Crippen LogP contribution in [-0.2, 0) is 14.4 Å². The first-order chi connectivity index (χ1) is 12.9. The molecular formula is C19H25N3O5. The fourth-order valence-electron chi connectivity index (χ4n) is 3.18. The summed E-state index contributed by atoms with van der Waals surface area (Å²) in [5, 5.41) is 12.0. The second-order valence-electron chi connectivity index (χ2n) is 6.65. The van der Waals surface area contributed by atoms with Crippen LogP contribution in [0.1, 0.15) is 55.8 Å². The van der Waals surface area contributed by atoms with Gasteiger partial charge >= 0.3 is 5.97 Å². The highest BCUT2D eigenvalue weighted by Crippen LogP contribution is 2.30. The molecule has 0 radical (unpaired) electrons. The number of carbonyl (C=O) groups is 4. The molecule has 0 aliphatic heterocycles. The first-order valence-electron chi connectivity index (χ1n) is 9.15. The predicted octanol–water partition coefficient (Wildman–Crippen LogP) is 2.08. The van der Waals surface area contributed by atoms with Crippen molar-refractivity contribution in [1.82, 2.24) is 10.9 Å². The molecule has 0 bridgehead atoms. The van der Waals surface area contributed by atoms with Crippen molar-refractivity contribution in [2.45, 2.75) is 45.4 Å². The highest BCUT2D eigenvalue weighted by Gasteiger charge is 2.35. The van der Waals surface area contributed by atoms with E-state index in [0.29, 0.717) is 30.5 Å². The Balaban J connectivity index is 1.88. The van der Waals surface area contributed by atoms with Gasteiger partial charge in [-0.3, -0.25) is 30.0 Å². The molecule has 0 aromatic heterocycles. The molecule has 1 aromatic carbocycles. The zero-order chi connectivity index (χ0) is 19.8. The van der Waals surface area contributed by atoms with E-state index in [1.165, 1.54) is 12.1 Å². The molecule has 0 saturated heterocycles. The molecule has 0 spiro atoms. The normalized spacial score (nSPS) is 19.0. The van der Waals surface area contributed by atoms with Crippen LogP contribution in [0.25, 0.3) is 0 Å². The Kier molecular flexibility index (Phi) is 7.34. The zero-order valence-electron chi connectivity index (χ0n) is 15.3. The average molecular weight is 375 g/mol. The predicted molar refractivity (Wildman–Crippen MR) is 98.7 cm³/mol. The summed E-state index contributed by atoms with van der Waals surface area (Å²) in [5.74, 6) is -3.45. The number of carbonyl (C=O) groups excluding carboxylic acids is 3. The van der Waals surface area contributed by atoms with Crippen molar-refractivity contribution in [1.29, 1.82) is 0 Å². The molecule has 2 rings (SSSR count). The maximum Gasteiger partial charge on any atom is 0.307 e. The van der Waals surface area contributed by atoms with Crippen LogP contribution < -0.4 is 16.2 Å². The van der Waals surface area contributed by atoms with Gasteiger partial charge in [-0.15, -0.1) is 0 Å². The molecular weight excluding hydrogens is 350 g/mol. The minimum atomic E-state index is -0.984. The van der Waals surface area contributed by atoms with Crippen molar-refractivity contribution in [3.63, 3.8) is 0 Å². The average Bonchev–Trinajstić information content (AvgIpc) is 2.66. The van der Waals surface area contributed by atoms with Gasteiger partial charge in [0.15, 0.2) is 0 Å². The molecule has 146 valence electrons. The Bertz CT molecular complexity index is 702. The lowest BCUT2D eigenvalue weighted by Gasteiger charge is -2.27. The minimum Gasteiger partial charge on any atom is -0.481 e. The SMILES string of the molecule is CCCC(=O)Nc1ccc(C(=O)NNC(=O)[C@@H]2CCCC[C@H]2C(=O)O)cc1. The van der Waals surface area contributed by atoms with Gasteiger partial charge in [-0.25, -0.2) is 0 Å². The van der Waals surface area contributed by atoms with E-state index in [-0.39, 0.29) is 5.91 Å². The van der Waals surface area contributed by atoms with E-state index in [0.717, 1.165) is 19.3 Å². The van der Waals surface area contributed by atoms with Crippen LogP contribution in [0, 0.1) is 11.8 Å². The number of nitrogens with one attached hydrogen (secondary N) is 3. The van der Waals surface area contributed by atoms with Crippen LogP contribution in [0.2, 0.25) is 0 Å². The maximum atomic E-state index is 12.2. The molecule has 27 heavy (non-hydrogen) atoms. The van der Waals surface area contributed by atoms with Crippen LogP contribution in [0.4, 0.5) is 5.69 Å². The first kappa shape index (κ1) is 20.4. The third kappa shape index (κ3) is 5.80. The highest BCUT2D eigenvalue weighted by molar-refractivity contribution is 5.97. The second kappa shape index (κ2) is 9.70. The van der Waals surface area contributed by atoms with E-state index in [9.17, 15) is 24.3 Å². The number of carboxylic acids is 1. The summed E-state index contributed by atoms with van der Waals surface area (Å²) in [5.41, 5.74) is 5.54. The van der Waals surface area contributed by atoms with Crippen LogP contribution in [-0.4, -0.2) is 28.8 Å². The van der Waals surface area contributed by atoms with E-state index < -0.39 is 29.6 Å². The molecule has 0 heterocycles. The highest BCUT2D eigenvalue weighted by atomic mass is 16.4. The Morgan fingerprint density at radius 3 is 2.22 bits per heavy atom. The van der Waals surface area contributed by atoms with Crippen molar-refractivity contribution in [2.75, 3.05) is 5.32 Å². The van der Waals surface area contributed by atoms with Crippen molar-refractivity contribution < 1.29 is 24.3 Å². The van der Waals surface area contributed by atoms with E-state index >= 15 is 0 Å². The number of anilines is 1. The van der Waals surface area contributed by atoms with E-state index in [4.69, 9.17) is 0 Å². The summed E-state index contributed by atoms with van der Waals surface area (Å²) < 4.78 is 0. The third-order valence-electron chi connectivity index (χ3n) is 4.63. The summed E-state index contributed by atoms with van der Waals surface area (Å²) >= 11 is 0. The standard InChI is InChI=1S/C19H25N3O5/c1-2-5-16(23)20-13-10-8-12(9-11-13)17(24)21-22-18(25)14-6-3-4-7-15(14)19(26)27/h8-11,14-15H,2-7H2,1H3,(H,20,23)(H,21,24)(H,22,25)(H,26,27)/t14-,15-/m1/s1. The van der Waals surface area contributed by atoms with Crippen molar-refractivity contribution >= 4 is 29.4 Å². The molecule has 3 amide bonds. The van der Waals surface area contributed by atoms with Gasteiger partial charge in [0.25, 0.3) is 5.91 Å².